The molecule has 0 bridgehead atoms. The predicted octanol–water partition coefficient (Wildman–Crippen LogP) is 2.17. The third kappa shape index (κ3) is 1.29. The summed E-state index contributed by atoms with van der Waals surface area (Å²) in [4.78, 5) is 11.0. The number of hydrogen-bond acceptors (Lipinski definition) is 2. The number of rotatable bonds is 2. The molecule has 0 spiro atoms. The summed E-state index contributed by atoms with van der Waals surface area (Å²) in [5, 5.41) is 0.355. The van der Waals surface area contributed by atoms with Gasteiger partial charge in [-0.3, -0.25) is 4.79 Å². The van der Waals surface area contributed by atoms with E-state index in [1.807, 2.05) is 0 Å². The van der Waals surface area contributed by atoms with Crippen LogP contribution in [0.1, 0.15) is 16.1 Å². The zero-order valence-electron chi connectivity index (χ0n) is 5.56. The molecule has 0 saturated heterocycles. The monoisotopic (exact) mass is 202 g/mol. The van der Waals surface area contributed by atoms with Crippen LogP contribution < -0.4 is 0 Å². The van der Waals surface area contributed by atoms with Crippen molar-refractivity contribution < 1.29 is 9.21 Å². The van der Waals surface area contributed by atoms with Crippen LogP contribution in [-0.2, 0) is 0 Å². The maximum absolute atomic E-state index is 11.0. The van der Waals surface area contributed by atoms with Crippen LogP contribution in [0.25, 0.3) is 0 Å². The van der Waals surface area contributed by atoms with Crippen molar-refractivity contribution in [1.82, 2.24) is 0 Å². The van der Waals surface area contributed by atoms with Gasteiger partial charge in [0.15, 0.2) is 5.78 Å². The standard InChI is InChI=1S/C7H7BrO2/c1-5-6(2-3-10-5)7(9)4-8/h2-3H,4H2,1H3. The Bertz CT molecular complexity index is 240. The van der Waals surface area contributed by atoms with Crippen molar-refractivity contribution in [3.8, 4) is 0 Å². The minimum Gasteiger partial charge on any atom is -0.469 e. The van der Waals surface area contributed by atoms with Crippen LogP contribution in [0.4, 0.5) is 0 Å². The van der Waals surface area contributed by atoms with Gasteiger partial charge in [0, 0.05) is 0 Å². The molecule has 2 nitrogen and oxygen atoms in total. The summed E-state index contributed by atoms with van der Waals surface area (Å²) < 4.78 is 4.95. The van der Waals surface area contributed by atoms with Gasteiger partial charge in [0.05, 0.1) is 17.2 Å². The van der Waals surface area contributed by atoms with Crippen LogP contribution in [0, 0.1) is 6.92 Å². The maximum Gasteiger partial charge on any atom is 0.176 e. The van der Waals surface area contributed by atoms with Crippen LogP contribution >= 0.6 is 15.9 Å². The molecule has 0 N–H and O–H groups in total. The fourth-order valence-electron chi connectivity index (χ4n) is 0.746. The topological polar surface area (TPSA) is 30.2 Å². The lowest BCUT2D eigenvalue weighted by Gasteiger charge is -1.90. The van der Waals surface area contributed by atoms with E-state index in [-0.39, 0.29) is 5.78 Å². The first-order valence-electron chi connectivity index (χ1n) is 2.89. The second kappa shape index (κ2) is 3.01. The summed E-state index contributed by atoms with van der Waals surface area (Å²) in [6, 6.07) is 1.68. The maximum atomic E-state index is 11.0. The molecule has 0 aromatic carbocycles. The highest BCUT2D eigenvalue weighted by Crippen LogP contribution is 2.10. The molecule has 0 amide bonds. The van der Waals surface area contributed by atoms with Crippen LogP contribution in [0.15, 0.2) is 16.7 Å². The number of carbonyl (C=O) groups excluding carboxylic acids is 1. The lowest BCUT2D eigenvalue weighted by molar-refractivity contribution is 0.102. The second-order valence-corrected chi connectivity index (χ2v) is 2.51. The average Bonchev–Trinajstić information content (AvgIpc) is 2.34. The van der Waals surface area contributed by atoms with Gasteiger partial charge in [-0.2, -0.15) is 0 Å². The molecule has 0 fully saturated rings. The minimum atomic E-state index is 0.0613. The summed E-state index contributed by atoms with van der Waals surface area (Å²) in [5.41, 5.74) is 0.664. The van der Waals surface area contributed by atoms with Gasteiger partial charge in [-0.05, 0) is 13.0 Å². The Morgan fingerprint density at radius 3 is 2.90 bits per heavy atom. The molecule has 1 heterocycles. The minimum absolute atomic E-state index is 0.0613. The quantitative estimate of drug-likeness (QED) is 0.544. The normalized spacial score (nSPS) is 9.80. The van der Waals surface area contributed by atoms with Crippen LogP contribution in [-0.4, -0.2) is 11.1 Å². The predicted molar refractivity (Wildman–Crippen MR) is 41.6 cm³/mol. The fraction of sp³-hybridized carbons (Fsp3) is 0.286. The second-order valence-electron chi connectivity index (χ2n) is 1.95. The van der Waals surface area contributed by atoms with E-state index < -0.39 is 0 Å². The first kappa shape index (κ1) is 7.54. The van der Waals surface area contributed by atoms with E-state index in [4.69, 9.17) is 4.42 Å². The van der Waals surface area contributed by atoms with E-state index in [1.54, 1.807) is 13.0 Å². The summed E-state index contributed by atoms with van der Waals surface area (Å²) in [6.07, 6.45) is 1.52. The summed E-state index contributed by atoms with van der Waals surface area (Å²) >= 11 is 3.08. The van der Waals surface area contributed by atoms with Gasteiger partial charge in [-0.15, -0.1) is 0 Å². The number of ketones is 1. The van der Waals surface area contributed by atoms with Crippen molar-refractivity contribution >= 4 is 21.7 Å². The molecule has 1 aromatic heterocycles. The van der Waals surface area contributed by atoms with Crippen molar-refractivity contribution in [2.75, 3.05) is 5.33 Å². The highest BCUT2D eigenvalue weighted by Gasteiger charge is 2.08. The molecule has 3 heteroatoms. The molecule has 1 aromatic rings. The smallest absolute Gasteiger partial charge is 0.176 e. The van der Waals surface area contributed by atoms with E-state index in [1.165, 1.54) is 6.26 Å². The van der Waals surface area contributed by atoms with Gasteiger partial charge in [-0.1, -0.05) is 15.9 Å². The van der Waals surface area contributed by atoms with Crippen molar-refractivity contribution in [3.05, 3.63) is 23.7 Å². The fourth-order valence-corrected chi connectivity index (χ4v) is 1.05. The Balaban J connectivity index is 2.93. The van der Waals surface area contributed by atoms with Gasteiger partial charge >= 0.3 is 0 Å². The Labute approximate surface area is 67.3 Å². The van der Waals surface area contributed by atoms with Crippen LogP contribution in [0.5, 0.6) is 0 Å². The number of hydrogen-bond donors (Lipinski definition) is 0. The van der Waals surface area contributed by atoms with E-state index in [0.717, 1.165) is 0 Å². The first-order valence-corrected chi connectivity index (χ1v) is 4.01. The molecule has 54 valence electrons. The molecule has 0 aliphatic heterocycles. The van der Waals surface area contributed by atoms with E-state index in [2.05, 4.69) is 15.9 Å². The van der Waals surface area contributed by atoms with Gasteiger partial charge in [0.1, 0.15) is 5.76 Å². The lowest BCUT2D eigenvalue weighted by Crippen LogP contribution is -1.98. The molecule has 0 saturated carbocycles. The van der Waals surface area contributed by atoms with E-state index >= 15 is 0 Å². The molecule has 0 aliphatic carbocycles. The molecule has 0 atom stereocenters. The highest BCUT2D eigenvalue weighted by molar-refractivity contribution is 9.09. The van der Waals surface area contributed by atoms with E-state index in [0.29, 0.717) is 16.7 Å². The number of alkyl halides is 1. The largest absolute Gasteiger partial charge is 0.469 e. The summed E-state index contributed by atoms with van der Waals surface area (Å²) in [5.74, 6) is 0.746. The number of Topliss-reactive ketones (excluding diaryl/α,β-unsaturated/α-hetero) is 1. The number of halogens is 1. The van der Waals surface area contributed by atoms with Gasteiger partial charge in [-0.25, -0.2) is 0 Å². The Hall–Kier alpha value is -0.570. The third-order valence-electron chi connectivity index (χ3n) is 1.28. The SMILES string of the molecule is Cc1occc1C(=O)CBr. The molecule has 0 aliphatic rings. The molecule has 10 heavy (non-hydrogen) atoms. The van der Waals surface area contributed by atoms with Gasteiger partial charge < -0.3 is 4.42 Å². The zero-order chi connectivity index (χ0) is 7.56. The molecule has 1 rings (SSSR count). The molecule has 0 unspecified atom stereocenters. The Morgan fingerprint density at radius 1 is 1.80 bits per heavy atom. The number of furan rings is 1. The van der Waals surface area contributed by atoms with Crippen molar-refractivity contribution in [2.45, 2.75) is 6.92 Å². The average molecular weight is 203 g/mol. The number of aryl methyl sites for hydroxylation is 1. The van der Waals surface area contributed by atoms with Crippen LogP contribution in [0.2, 0.25) is 0 Å². The third-order valence-corrected chi connectivity index (χ3v) is 1.79. The highest BCUT2D eigenvalue weighted by atomic mass is 79.9. The summed E-state index contributed by atoms with van der Waals surface area (Å²) in [7, 11) is 0. The van der Waals surface area contributed by atoms with Gasteiger partial charge in [0.2, 0.25) is 0 Å². The summed E-state index contributed by atoms with van der Waals surface area (Å²) in [6.45, 7) is 1.77. The van der Waals surface area contributed by atoms with Crippen LogP contribution in [0.3, 0.4) is 0 Å². The zero-order valence-corrected chi connectivity index (χ0v) is 7.14. The van der Waals surface area contributed by atoms with Crippen molar-refractivity contribution in [3.63, 3.8) is 0 Å². The van der Waals surface area contributed by atoms with Crippen molar-refractivity contribution in [1.29, 1.82) is 0 Å². The molecular formula is C7H7BrO2. The number of carbonyl (C=O) groups is 1. The molecular weight excluding hydrogens is 196 g/mol. The van der Waals surface area contributed by atoms with Crippen molar-refractivity contribution in [2.24, 2.45) is 0 Å². The first-order chi connectivity index (χ1) is 4.75. The Morgan fingerprint density at radius 2 is 2.50 bits per heavy atom. The Kier molecular flexibility index (Phi) is 2.27. The lowest BCUT2D eigenvalue weighted by atomic mass is 10.2. The van der Waals surface area contributed by atoms with E-state index in [9.17, 15) is 4.79 Å². The molecule has 0 radical (unpaired) electrons. The van der Waals surface area contributed by atoms with Gasteiger partial charge in [0.25, 0.3) is 0 Å².